The van der Waals surface area contributed by atoms with Crippen LogP contribution in [0.2, 0.25) is 5.02 Å². The van der Waals surface area contributed by atoms with Crippen LogP contribution in [0.4, 0.5) is 24.5 Å². The number of H-pyrrole nitrogens is 1. The van der Waals surface area contributed by atoms with E-state index in [-0.39, 0.29) is 59.8 Å². The minimum atomic E-state index is -4.62. The van der Waals surface area contributed by atoms with Gasteiger partial charge in [0.25, 0.3) is 11.5 Å². The highest BCUT2D eigenvalue weighted by molar-refractivity contribution is 7.04. The number of aromatic nitrogens is 5. The predicted molar refractivity (Wildman–Crippen MR) is 168 cm³/mol. The summed E-state index contributed by atoms with van der Waals surface area (Å²) >= 11 is 7.02. The summed E-state index contributed by atoms with van der Waals surface area (Å²) in [6.07, 6.45) is -0.714. The van der Waals surface area contributed by atoms with Crippen molar-refractivity contribution in [3.63, 3.8) is 0 Å². The van der Waals surface area contributed by atoms with Crippen LogP contribution in [0.1, 0.15) is 40.9 Å². The number of piperazine rings is 1. The number of aryl methyl sites for hydroxylation is 1. The van der Waals surface area contributed by atoms with Gasteiger partial charge in [-0.2, -0.15) is 17.5 Å². The van der Waals surface area contributed by atoms with E-state index in [1.165, 1.54) is 16.6 Å². The maximum absolute atomic E-state index is 14.3. The van der Waals surface area contributed by atoms with Gasteiger partial charge in [0.05, 0.1) is 40.6 Å². The van der Waals surface area contributed by atoms with Crippen molar-refractivity contribution >= 4 is 51.9 Å². The van der Waals surface area contributed by atoms with Crippen molar-refractivity contribution in [3.05, 3.63) is 74.1 Å². The summed E-state index contributed by atoms with van der Waals surface area (Å²) in [7, 11) is 0. The molecule has 13 nitrogen and oxygen atoms in total. The summed E-state index contributed by atoms with van der Waals surface area (Å²) in [6.45, 7) is 2.84. The van der Waals surface area contributed by atoms with Gasteiger partial charge in [-0.3, -0.25) is 19.5 Å². The lowest BCUT2D eigenvalue weighted by Crippen LogP contribution is -2.50. The predicted octanol–water partition coefficient (Wildman–Crippen LogP) is 3.89. The highest BCUT2D eigenvalue weighted by Crippen LogP contribution is 2.33. The van der Waals surface area contributed by atoms with Crippen LogP contribution < -0.4 is 15.8 Å². The lowest BCUT2D eigenvalue weighted by atomic mass is 10.1. The van der Waals surface area contributed by atoms with E-state index in [2.05, 4.69) is 24.8 Å². The Hall–Kier alpha value is -4.48. The molecule has 1 saturated heterocycles. The number of halogens is 4. The number of nitrogens with one attached hydrogen (secondary N) is 2. The lowest BCUT2D eigenvalue weighted by Gasteiger charge is -2.35. The molecule has 3 aromatic rings. The van der Waals surface area contributed by atoms with Gasteiger partial charge in [0.15, 0.2) is 11.4 Å². The molecule has 0 radical (unpaired) electrons. The van der Waals surface area contributed by atoms with Crippen LogP contribution in [0, 0.1) is 0 Å². The second-order valence-electron chi connectivity index (χ2n) is 10.5. The normalized spacial score (nSPS) is 15.2. The molecule has 2 aromatic heterocycles. The van der Waals surface area contributed by atoms with Gasteiger partial charge >= 0.3 is 6.18 Å². The molecule has 0 unspecified atom stereocenters. The summed E-state index contributed by atoms with van der Waals surface area (Å²) in [5.41, 5.74) is -0.412. The Bertz CT molecular complexity index is 1800. The molecule has 2 aliphatic rings. The quantitative estimate of drug-likeness (QED) is 0.334. The fraction of sp³-hybridized carbons (Fsp3) is 0.379. The standard InChI is InChI=1S/C29H30ClF3N8O5S/c1-2-20-25(39-7-9-40(10-8-39)27(44)24-22(42)15-47-38-24)28(45)41(37-26(35-16-34-20)17-5-11-46-12-6-17)14-23(43)36-21-4-3-18(13-19(21)30)29(31,32)33/h3-5,13,15-16,42H,2,6-12,14H2,1H3,(H,36,43)(H,34,35,37). The van der Waals surface area contributed by atoms with Gasteiger partial charge in [-0.1, -0.05) is 24.6 Å². The Morgan fingerprint density at radius 3 is 2.57 bits per heavy atom. The average molecular weight is 695 g/mol. The molecule has 0 saturated carbocycles. The zero-order valence-electron chi connectivity index (χ0n) is 25.0. The molecule has 250 valence electrons. The Morgan fingerprint density at radius 1 is 1.19 bits per heavy atom. The van der Waals surface area contributed by atoms with Crippen LogP contribution in [0.5, 0.6) is 5.75 Å². The molecule has 3 N–H and O–H groups in total. The van der Waals surface area contributed by atoms with Crippen LogP contribution in [-0.2, 0) is 28.7 Å². The molecular formula is C29H30ClF3N8O5S. The minimum Gasteiger partial charge on any atom is -0.505 e. The van der Waals surface area contributed by atoms with E-state index in [1.807, 2.05) is 6.92 Å². The monoisotopic (exact) mass is 694 g/mol. The van der Waals surface area contributed by atoms with Gasteiger partial charge in [-0.05, 0) is 48.1 Å². The Kier molecular flexibility index (Phi) is 10.5. The number of hydrogen-bond acceptors (Lipinski definition) is 10. The molecule has 4 heterocycles. The number of carbonyl (C=O) groups excluding carboxylic acids is 2. The van der Waals surface area contributed by atoms with Gasteiger partial charge in [0.2, 0.25) is 5.91 Å². The number of alkyl halides is 3. The molecule has 2 aliphatic heterocycles. The van der Waals surface area contributed by atoms with Crippen LogP contribution in [0.25, 0.3) is 5.57 Å². The fourth-order valence-corrected chi connectivity index (χ4v) is 5.82. The maximum Gasteiger partial charge on any atom is 0.416 e. The molecule has 0 aliphatic carbocycles. The number of rotatable bonds is 7. The maximum atomic E-state index is 14.3. The summed E-state index contributed by atoms with van der Waals surface area (Å²) in [6, 6.07) is 2.53. The first-order valence-electron chi connectivity index (χ1n) is 14.5. The molecule has 0 atom stereocenters. The number of aromatic amines is 1. The lowest BCUT2D eigenvalue weighted by molar-refractivity contribution is -0.137. The summed E-state index contributed by atoms with van der Waals surface area (Å²) in [4.78, 5) is 52.8. The van der Waals surface area contributed by atoms with Crippen molar-refractivity contribution in [2.75, 3.05) is 49.6 Å². The van der Waals surface area contributed by atoms with E-state index in [4.69, 9.17) is 16.3 Å². The number of ether oxygens (including phenoxy) is 1. The molecule has 1 aromatic carbocycles. The highest BCUT2D eigenvalue weighted by Gasteiger charge is 2.31. The largest absolute Gasteiger partial charge is 0.505 e. The Labute approximate surface area is 275 Å². The summed E-state index contributed by atoms with van der Waals surface area (Å²) in [5, 5.41) is 16.4. The number of anilines is 2. The van der Waals surface area contributed by atoms with Gasteiger partial charge in [-0.25, -0.2) is 14.6 Å². The van der Waals surface area contributed by atoms with Crippen LogP contribution in [-0.4, -0.2) is 85.3 Å². The molecule has 2 amide bonds. The van der Waals surface area contributed by atoms with Crippen molar-refractivity contribution in [1.82, 2.24) is 29.0 Å². The first-order chi connectivity index (χ1) is 22.5. The molecular weight excluding hydrogens is 665 g/mol. The van der Waals surface area contributed by atoms with Crippen molar-refractivity contribution < 1.29 is 32.6 Å². The first kappa shape index (κ1) is 33.9. The number of amides is 2. The van der Waals surface area contributed by atoms with Crippen molar-refractivity contribution in [3.8, 4) is 5.75 Å². The molecule has 1 fully saturated rings. The highest BCUT2D eigenvalue weighted by atomic mass is 35.5. The second-order valence-corrected chi connectivity index (χ2v) is 11.5. The third kappa shape index (κ3) is 7.91. The number of benzene rings is 1. The number of carbonyl (C=O) groups is 2. The zero-order chi connectivity index (χ0) is 33.7. The average Bonchev–Trinajstić information content (AvgIpc) is 3.51. The van der Waals surface area contributed by atoms with Gasteiger partial charge in [0, 0.05) is 26.2 Å². The van der Waals surface area contributed by atoms with Gasteiger partial charge in [0.1, 0.15) is 24.4 Å². The second kappa shape index (κ2) is 14.5. The Balaban J connectivity index is 1.51. The molecule has 0 bridgehead atoms. The number of nitrogens with zero attached hydrogens (tertiary/aromatic N) is 6. The van der Waals surface area contributed by atoms with Crippen LogP contribution >= 0.6 is 23.1 Å². The van der Waals surface area contributed by atoms with Crippen LogP contribution in [0.15, 0.2) is 40.8 Å². The molecule has 0 spiro atoms. The van der Waals surface area contributed by atoms with E-state index >= 15 is 0 Å². The van der Waals surface area contributed by atoms with Crippen molar-refractivity contribution in [2.45, 2.75) is 32.5 Å². The summed E-state index contributed by atoms with van der Waals surface area (Å²) in [5.74, 6) is -1.12. The van der Waals surface area contributed by atoms with Crippen molar-refractivity contribution in [1.29, 1.82) is 0 Å². The van der Waals surface area contributed by atoms with E-state index in [9.17, 15) is 32.7 Å². The fourth-order valence-electron chi connectivity index (χ4n) is 5.05. The third-order valence-corrected chi connectivity index (χ3v) is 8.40. The van der Waals surface area contributed by atoms with E-state index in [0.717, 1.165) is 33.9 Å². The summed E-state index contributed by atoms with van der Waals surface area (Å²) < 4.78 is 49.8. The molecule has 47 heavy (non-hydrogen) atoms. The molecule has 18 heteroatoms. The van der Waals surface area contributed by atoms with E-state index < -0.39 is 35.7 Å². The Morgan fingerprint density at radius 2 is 1.96 bits per heavy atom. The van der Waals surface area contributed by atoms with E-state index in [1.54, 1.807) is 11.0 Å². The van der Waals surface area contributed by atoms with Gasteiger partial charge in [-0.15, -0.1) is 0 Å². The van der Waals surface area contributed by atoms with Gasteiger partial charge < -0.3 is 25.0 Å². The number of hydrogen-bond donors (Lipinski definition) is 3. The van der Waals surface area contributed by atoms with Crippen molar-refractivity contribution in [2.24, 2.45) is 0 Å². The van der Waals surface area contributed by atoms with Crippen LogP contribution in [0.3, 0.4) is 0 Å². The zero-order valence-corrected chi connectivity index (χ0v) is 26.6. The SMILES string of the molecule is CCc1ncnc(C2=CCOCC2)[nH]n(CC(=O)Nc2ccc(C(F)(F)F)cc2Cl)c(=O)c1N1CCN(C(=O)c2nscc2O)CC1. The number of aromatic hydroxyl groups is 1. The topological polar surface area (TPSA) is 159 Å². The van der Waals surface area contributed by atoms with E-state index in [0.29, 0.717) is 37.8 Å². The minimum absolute atomic E-state index is 0.0401. The first-order valence-corrected chi connectivity index (χ1v) is 15.7. The smallest absolute Gasteiger partial charge is 0.416 e. The third-order valence-electron chi connectivity index (χ3n) is 7.47. The molecule has 5 rings (SSSR count).